The van der Waals surface area contributed by atoms with Crippen molar-refractivity contribution in [2.45, 2.75) is 38.1 Å². The maximum absolute atomic E-state index is 4.45. The predicted octanol–water partition coefficient (Wildman–Crippen LogP) is 1.80. The molecular formula is C11H19N3. The molecule has 2 rings (SSSR count). The van der Waals surface area contributed by atoms with Crippen LogP contribution in [0.2, 0.25) is 0 Å². The van der Waals surface area contributed by atoms with Gasteiger partial charge in [0.25, 0.3) is 0 Å². The molecule has 1 fully saturated rings. The van der Waals surface area contributed by atoms with Gasteiger partial charge in [0.2, 0.25) is 0 Å². The van der Waals surface area contributed by atoms with Crippen molar-refractivity contribution < 1.29 is 0 Å². The molecule has 2 heterocycles. The lowest BCUT2D eigenvalue weighted by Gasteiger charge is -2.28. The topological polar surface area (TPSA) is 29.9 Å². The van der Waals surface area contributed by atoms with Gasteiger partial charge in [0.1, 0.15) is 5.82 Å². The summed E-state index contributed by atoms with van der Waals surface area (Å²) in [4.78, 5) is 4.45. The number of rotatable bonds is 1. The summed E-state index contributed by atoms with van der Waals surface area (Å²) in [6.45, 7) is 3.38. The zero-order valence-corrected chi connectivity index (χ0v) is 9.08. The second-order valence-electron chi connectivity index (χ2n) is 4.43. The molecular weight excluding hydrogens is 174 g/mol. The Morgan fingerprint density at radius 1 is 1.43 bits per heavy atom. The van der Waals surface area contributed by atoms with Crippen LogP contribution in [0.3, 0.4) is 0 Å². The van der Waals surface area contributed by atoms with Gasteiger partial charge in [-0.05, 0) is 26.3 Å². The van der Waals surface area contributed by atoms with E-state index in [2.05, 4.69) is 28.8 Å². The van der Waals surface area contributed by atoms with E-state index in [1.165, 1.54) is 31.5 Å². The van der Waals surface area contributed by atoms with Gasteiger partial charge in [-0.2, -0.15) is 0 Å². The summed E-state index contributed by atoms with van der Waals surface area (Å²) in [5, 5.41) is 3.62. The Hall–Kier alpha value is -0.830. The highest BCUT2D eigenvalue weighted by Gasteiger charge is 2.30. The van der Waals surface area contributed by atoms with Crippen molar-refractivity contribution in [3.8, 4) is 0 Å². The van der Waals surface area contributed by atoms with Gasteiger partial charge in [0.05, 0.1) is 5.54 Å². The second-order valence-corrected chi connectivity index (χ2v) is 4.43. The maximum atomic E-state index is 4.45. The quantitative estimate of drug-likeness (QED) is 0.737. The zero-order valence-electron chi connectivity index (χ0n) is 9.08. The first-order valence-corrected chi connectivity index (χ1v) is 5.45. The lowest BCUT2D eigenvalue weighted by Crippen LogP contribution is -2.40. The lowest BCUT2D eigenvalue weighted by atomic mass is 9.95. The summed E-state index contributed by atoms with van der Waals surface area (Å²) < 4.78 is 2.12. The van der Waals surface area contributed by atoms with E-state index in [1.54, 1.807) is 0 Å². The van der Waals surface area contributed by atoms with E-state index >= 15 is 0 Å². The Labute approximate surface area is 85.5 Å². The molecule has 78 valence electrons. The van der Waals surface area contributed by atoms with Crippen molar-refractivity contribution in [2.75, 3.05) is 6.54 Å². The SMILES string of the molecule is Cn1ccnc1C1(C)CCCCCN1. The van der Waals surface area contributed by atoms with Gasteiger partial charge in [0.15, 0.2) is 0 Å². The lowest BCUT2D eigenvalue weighted by molar-refractivity contribution is 0.330. The summed E-state index contributed by atoms with van der Waals surface area (Å²) in [6.07, 6.45) is 9.03. The summed E-state index contributed by atoms with van der Waals surface area (Å²) in [7, 11) is 2.07. The van der Waals surface area contributed by atoms with Crippen LogP contribution in [-0.2, 0) is 12.6 Å². The van der Waals surface area contributed by atoms with Gasteiger partial charge in [-0.1, -0.05) is 12.8 Å². The third-order valence-corrected chi connectivity index (χ3v) is 3.18. The average molecular weight is 193 g/mol. The Bertz CT molecular complexity index is 295. The number of hydrogen-bond donors (Lipinski definition) is 1. The van der Waals surface area contributed by atoms with Crippen molar-refractivity contribution in [3.05, 3.63) is 18.2 Å². The van der Waals surface area contributed by atoms with Crippen LogP contribution in [0.4, 0.5) is 0 Å². The van der Waals surface area contributed by atoms with Gasteiger partial charge >= 0.3 is 0 Å². The molecule has 1 aromatic heterocycles. The third-order valence-electron chi connectivity index (χ3n) is 3.18. The molecule has 0 aliphatic carbocycles. The molecule has 14 heavy (non-hydrogen) atoms. The van der Waals surface area contributed by atoms with E-state index in [1.807, 2.05) is 12.4 Å². The van der Waals surface area contributed by atoms with Gasteiger partial charge in [-0.3, -0.25) is 0 Å². The number of aryl methyl sites for hydroxylation is 1. The van der Waals surface area contributed by atoms with Crippen LogP contribution in [0.25, 0.3) is 0 Å². The third kappa shape index (κ3) is 1.69. The number of nitrogens with zero attached hydrogens (tertiary/aromatic N) is 2. The van der Waals surface area contributed by atoms with E-state index in [4.69, 9.17) is 0 Å². The minimum Gasteiger partial charge on any atom is -0.336 e. The van der Waals surface area contributed by atoms with Crippen LogP contribution >= 0.6 is 0 Å². The fourth-order valence-corrected chi connectivity index (χ4v) is 2.32. The Kier molecular flexibility index (Phi) is 2.59. The van der Waals surface area contributed by atoms with E-state index in [9.17, 15) is 0 Å². The molecule has 1 N–H and O–H groups in total. The maximum Gasteiger partial charge on any atom is 0.128 e. The van der Waals surface area contributed by atoms with Crippen LogP contribution < -0.4 is 5.32 Å². The summed E-state index contributed by atoms with van der Waals surface area (Å²) in [6, 6.07) is 0. The number of nitrogens with one attached hydrogen (secondary N) is 1. The van der Waals surface area contributed by atoms with Crippen LogP contribution in [-0.4, -0.2) is 16.1 Å². The molecule has 0 saturated carbocycles. The Balaban J connectivity index is 2.25. The van der Waals surface area contributed by atoms with E-state index < -0.39 is 0 Å². The molecule has 0 bridgehead atoms. The van der Waals surface area contributed by atoms with Crippen LogP contribution in [0.1, 0.15) is 38.4 Å². The molecule has 1 aromatic rings. The van der Waals surface area contributed by atoms with Crippen molar-refractivity contribution in [2.24, 2.45) is 7.05 Å². The molecule has 1 atom stereocenters. The normalized spacial score (nSPS) is 28.7. The molecule has 0 aromatic carbocycles. The fourth-order valence-electron chi connectivity index (χ4n) is 2.32. The predicted molar refractivity (Wildman–Crippen MR) is 57.0 cm³/mol. The summed E-state index contributed by atoms with van der Waals surface area (Å²) >= 11 is 0. The van der Waals surface area contributed by atoms with Gasteiger partial charge < -0.3 is 9.88 Å². The smallest absolute Gasteiger partial charge is 0.128 e. The van der Waals surface area contributed by atoms with Crippen molar-refractivity contribution in [3.63, 3.8) is 0 Å². The molecule has 0 amide bonds. The fraction of sp³-hybridized carbons (Fsp3) is 0.727. The second kappa shape index (κ2) is 3.73. The van der Waals surface area contributed by atoms with Gasteiger partial charge in [0, 0.05) is 19.4 Å². The van der Waals surface area contributed by atoms with E-state index in [-0.39, 0.29) is 5.54 Å². The first kappa shape index (κ1) is 9.71. The van der Waals surface area contributed by atoms with E-state index in [0.717, 1.165) is 6.54 Å². The highest BCUT2D eigenvalue weighted by atomic mass is 15.1. The summed E-state index contributed by atoms with van der Waals surface area (Å²) in [5.41, 5.74) is 0.0781. The van der Waals surface area contributed by atoms with Gasteiger partial charge in [-0.15, -0.1) is 0 Å². The van der Waals surface area contributed by atoms with Gasteiger partial charge in [-0.25, -0.2) is 4.98 Å². The minimum atomic E-state index is 0.0781. The monoisotopic (exact) mass is 193 g/mol. The van der Waals surface area contributed by atoms with Crippen LogP contribution in [0.15, 0.2) is 12.4 Å². The molecule has 1 aliphatic rings. The Morgan fingerprint density at radius 2 is 2.29 bits per heavy atom. The molecule has 1 saturated heterocycles. The molecule has 0 radical (unpaired) electrons. The highest BCUT2D eigenvalue weighted by molar-refractivity contribution is 5.07. The average Bonchev–Trinajstić information content (AvgIpc) is 2.46. The zero-order chi connectivity index (χ0) is 10.0. The van der Waals surface area contributed by atoms with Crippen molar-refractivity contribution >= 4 is 0 Å². The van der Waals surface area contributed by atoms with Crippen molar-refractivity contribution in [1.29, 1.82) is 0 Å². The molecule has 3 nitrogen and oxygen atoms in total. The largest absolute Gasteiger partial charge is 0.336 e. The van der Waals surface area contributed by atoms with Crippen molar-refractivity contribution in [1.82, 2.24) is 14.9 Å². The Morgan fingerprint density at radius 3 is 3.00 bits per heavy atom. The molecule has 0 spiro atoms. The first-order valence-electron chi connectivity index (χ1n) is 5.45. The number of imidazole rings is 1. The molecule has 3 heteroatoms. The minimum absolute atomic E-state index is 0.0781. The van der Waals surface area contributed by atoms with Crippen LogP contribution in [0.5, 0.6) is 0 Å². The first-order chi connectivity index (χ1) is 6.72. The number of aromatic nitrogens is 2. The standard InChI is InChI=1S/C11H19N3/c1-11(6-4-3-5-7-13-11)10-12-8-9-14(10)2/h8-9,13H,3-7H2,1-2H3. The number of hydrogen-bond acceptors (Lipinski definition) is 2. The highest BCUT2D eigenvalue weighted by Crippen LogP contribution is 2.27. The molecule has 1 unspecified atom stereocenters. The van der Waals surface area contributed by atoms with Crippen LogP contribution in [0, 0.1) is 0 Å². The van der Waals surface area contributed by atoms with E-state index in [0.29, 0.717) is 0 Å². The summed E-state index contributed by atoms with van der Waals surface area (Å²) in [5.74, 6) is 1.17. The molecule has 1 aliphatic heterocycles.